The summed E-state index contributed by atoms with van der Waals surface area (Å²) >= 11 is 0. The molecule has 0 aliphatic heterocycles. The Kier molecular flexibility index (Phi) is 9.03. The van der Waals surface area contributed by atoms with Crippen LogP contribution in [0.1, 0.15) is 49.8 Å². The van der Waals surface area contributed by atoms with Crippen molar-refractivity contribution < 1.29 is 14.6 Å². The molecule has 0 spiro atoms. The second-order valence-electron chi connectivity index (χ2n) is 8.55. The average Bonchev–Trinajstić information content (AvgIpc) is 2.84. The van der Waals surface area contributed by atoms with Crippen LogP contribution in [0.5, 0.6) is 0 Å². The average molecular weight is 443 g/mol. The number of benzene rings is 3. The van der Waals surface area contributed by atoms with Gasteiger partial charge in [-0.2, -0.15) is 0 Å². The molecule has 0 unspecified atom stereocenters. The summed E-state index contributed by atoms with van der Waals surface area (Å²) in [4.78, 5) is 11.8. The third-order valence-electron chi connectivity index (χ3n) is 5.86. The van der Waals surface area contributed by atoms with Crippen molar-refractivity contribution in [3.8, 4) is 22.3 Å². The highest BCUT2D eigenvalue weighted by Gasteiger charge is 2.10. The molecule has 1 N–H and O–H groups in total. The van der Waals surface area contributed by atoms with Gasteiger partial charge in [-0.3, -0.25) is 0 Å². The number of hydrogen-bond acceptors (Lipinski definition) is 3. The molecule has 0 saturated heterocycles. The van der Waals surface area contributed by atoms with E-state index in [0.717, 1.165) is 39.8 Å². The molecule has 0 aromatic heterocycles. The first-order valence-corrected chi connectivity index (χ1v) is 11.8. The van der Waals surface area contributed by atoms with Crippen molar-refractivity contribution in [2.75, 3.05) is 6.61 Å². The van der Waals surface area contributed by atoms with Crippen LogP contribution in [-0.4, -0.2) is 17.7 Å². The van der Waals surface area contributed by atoms with Gasteiger partial charge in [0.2, 0.25) is 0 Å². The van der Waals surface area contributed by atoms with Gasteiger partial charge in [0.05, 0.1) is 13.2 Å². The molecule has 0 bridgehead atoms. The van der Waals surface area contributed by atoms with E-state index in [0.29, 0.717) is 18.6 Å². The van der Waals surface area contributed by atoms with E-state index in [-0.39, 0.29) is 12.6 Å². The Labute approximate surface area is 197 Å². The van der Waals surface area contributed by atoms with Crippen LogP contribution in [0.2, 0.25) is 0 Å². The van der Waals surface area contributed by atoms with E-state index in [1.807, 2.05) is 24.3 Å². The topological polar surface area (TPSA) is 46.5 Å². The molecule has 0 radical (unpaired) electrons. The quantitative estimate of drug-likeness (QED) is 0.199. The van der Waals surface area contributed by atoms with Gasteiger partial charge < -0.3 is 9.84 Å². The predicted molar refractivity (Wildman–Crippen MR) is 136 cm³/mol. The van der Waals surface area contributed by atoms with Gasteiger partial charge in [0.15, 0.2) is 0 Å². The summed E-state index contributed by atoms with van der Waals surface area (Å²) < 4.78 is 5.38. The fourth-order valence-corrected chi connectivity index (χ4v) is 3.87. The number of rotatable bonds is 11. The maximum atomic E-state index is 11.8. The van der Waals surface area contributed by atoms with Crippen LogP contribution in [0.25, 0.3) is 22.3 Å². The summed E-state index contributed by atoms with van der Waals surface area (Å²) in [7, 11) is 0. The smallest absolute Gasteiger partial charge is 0.333 e. The summed E-state index contributed by atoms with van der Waals surface area (Å²) in [5.41, 5.74) is 8.30. The maximum absolute atomic E-state index is 11.8. The molecule has 3 nitrogen and oxygen atoms in total. The van der Waals surface area contributed by atoms with E-state index < -0.39 is 0 Å². The van der Waals surface area contributed by atoms with Gasteiger partial charge in [0.25, 0.3) is 0 Å². The lowest BCUT2D eigenvalue weighted by molar-refractivity contribution is -0.138. The first-order chi connectivity index (χ1) is 16.0. The van der Waals surface area contributed by atoms with E-state index in [1.165, 1.54) is 24.8 Å². The van der Waals surface area contributed by atoms with Crippen molar-refractivity contribution in [2.45, 2.75) is 52.6 Å². The highest BCUT2D eigenvalue weighted by molar-refractivity contribution is 5.87. The number of aliphatic hydroxyl groups excluding tert-OH is 1. The van der Waals surface area contributed by atoms with Crippen LogP contribution in [0, 0.1) is 0 Å². The third-order valence-corrected chi connectivity index (χ3v) is 5.86. The highest BCUT2D eigenvalue weighted by atomic mass is 16.5. The van der Waals surface area contributed by atoms with Crippen LogP contribution in [0.4, 0.5) is 0 Å². The molecule has 3 heteroatoms. The summed E-state index contributed by atoms with van der Waals surface area (Å²) in [6.45, 7) is 7.88. The molecule has 0 saturated carbocycles. The van der Waals surface area contributed by atoms with Crippen molar-refractivity contribution >= 4 is 5.97 Å². The zero-order valence-electron chi connectivity index (χ0n) is 19.8. The number of aryl methyl sites for hydroxylation is 1. The molecule has 172 valence electrons. The Balaban J connectivity index is 1.87. The SMILES string of the molecule is C=C(C)C(=O)OCCc1cc(-c2ccc(CO)cc2)ccc1-c1ccc(CCCCC)cc1. The lowest BCUT2D eigenvalue weighted by atomic mass is 9.92. The monoisotopic (exact) mass is 442 g/mol. The maximum Gasteiger partial charge on any atom is 0.333 e. The van der Waals surface area contributed by atoms with Gasteiger partial charge in [-0.1, -0.05) is 93.1 Å². The minimum Gasteiger partial charge on any atom is -0.462 e. The Morgan fingerprint density at radius 3 is 2.12 bits per heavy atom. The van der Waals surface area contributed by atoms with E-state index in [2.05, 4.69) is 56.0 Å². The van der Waals surface area contributed by atoms with E-state index in [1.54, 1.807) is 6.92 Å². The molecule has 3 aromatic carbocycles. The molecule has 0 atom stereocenters. The number of hydrogen-bond donors (Lipinski definition) is 1. The number of unbranched alkanes of at least 4 members (excludes halogenated alkanes) is 2. The van der Waals surface area contributed by atoms with Crippen molar-refractivity contribution in [1.29, 1.82) is 0 Å². The predicted octanol–water partition coefficient (Wildman–Crippen LogP) is 6.91. The summed E-state index contributed by atoms with van der Waals surface area (Å²) in [5, 5.41) is 9.32. The van der Waals surface area contributed by atoms with Crippen LogP contribution >= 0.6 is 0 Å². The largest absolute Gasteiger partial charge is 0.462 e. The third kappa shape index (κ3) is 6.90. The zero-order chi connectivity index (χ0) is 23.6. The standard InChI is InChI=1S/C30H34O3/c1-4-5-6-7-23-8-14-26(15-9-23)29-17-16-27(25-12-10-24(21-31)11-13-25)20-28(29)18-19-33-30(32)22(2)3/h8-17,20,31H,2,4-7,18-19,21H2,1,3H3. The van der Waals surface area contributed by atoms with Crippen LogP contribution in [0.15, 0.2) is 78.9 Å². The van der Waals surface area contributed by atoms with E-state index >= 15 is 0 Å². The Hall–Kier alpha value is -3.17. The Morgan fingerprint density at radius 2 is 1.48 bits per heavy atom. The molecule has 3 rings (SSSR count). The lowest BCUT2D eigenvalue weighted by Crippen LogP contribution is -2.08. The van der Waals surface area contributed by atoms with E-state index in [4.69, 9.17) is 4.74 Å². The second kappa shape index (κ2) is 12.2. The number of aliphatic hydroxyl groups is 1. The van der Waals surface area contributed by atoms with Gasteiger partial charge in [0.1, 0.15) is 0 Å². The lowest BCUT2D eigenvalue weighted by Gasteiger charge is -2.14. The van der Waals surface area contributed by atoms with Gasteiger partial charge in [-0.25, -0.2) is 4.79 Å². The Bertz CT molecular complexity index is 1060. The van der Waals surface area contributed by atoms with Crippen molar-refractivity contribution in [3.05, 3.63) is 95.6 Å². The number of carbonyl (C=O) groups excluding carboxylic acids is 1. The fraction of sp³-hybridized carbons (Fsp3) is 0.300. The number of carbonyl (C=O) groups is 1. The Morgan fingerprint density at radius 1 is 0.848 bits per heavy atom. The summed E-state index contributed by atoms with van der Waals surface area (Å²) in [6.07, 6.45) is 5.44. The zero-order valence-corrected chi connectivity index (χ0v) is 19.8. The summed E-state index contributed by atoms with van der Waals surface area (Å²) in [5.74, 6) is -0.358. The van der Waals surface area contributed by atoms with Crippen molar-refractivity contribution in [1.82, 2.24) is 0 Å². The molecule has 3 aromatic rings. The molecule has 0 aliphatic rings. The van der Waals surface area contributed by atoms with Gasteiger partial charge in [-0.15, -0.1) is 0 Å². The minimum absolute atomic E-state index is 0.0347. The van der Waals surface area contributed by atoms with Crippen LogP contribution in [-0.2, 0) is 29.0 Å². The van der Waals surface area contributed by atoms with Gasteiger partial charge in [-0.05, 0) is 58.7 Å². The molecule has 33 heavy (non-hydrogen) atoms. The molecule has 0 fully saturated rings. The molecule has 0 amide bonds. The summed E-state index contributed by atoms with van der Waals surface area (Å²) in [6, 6.07) is 23.2. The molecule has 0 heterocycles. The first kappa shape index (κ1) is 24.5. The van der Waals surface area contributed by atoms with Gasteiger partial charge >= 0.3 is 5.97 Å². The van der Waals surface area contributed by atoms with Crippen molar-refractivity contribution in [2.24, 2.45) is 0 Å². The molecular formula is C30H34O3. The number of ether oxygens (including phenoxy) is 1. The highest BCUT2D eigenvalue weighted by Crippen LogP contribution is 2.30. The first-order valence-electron chi connectivity index (χ1n) is 11.8. The molecular weight excluding hydrogens is 408 g/mol. The number of esters is 1. The van der Waals surface area contributed by atoms with Crippen molar-refractivity contribution in [3.63, 3.8) is 0 Å². The van der Waals surface area contributed by atoms with Gasteiger partial charge in [0, 0.05) is 12.0 Å². The van der Waals surface area contributed by atoms with Crippen LogP contribution in [0.3, 0.4) is 0 Å². The van der Waals surface area contributed by atoms with E-state index in [9.17, 15) is 9.90 Å². The molecule has 0 aliphatic carbocycles. The normalized spacial score (nSPS) is 10.8. The van der Waals surface area contributed by atoms with Crippen LogP contribution < -0.4 is 0 Å². The fourth-order valence-electron chi connectivity index (χ4n) is 3.87. The minimum atomic E-state index is -0.358. The second-order valence-corrected chi connectivity index (χ2v) is 8.55.